The Morgan fingerprint density at radius 3 is 2.55 bits per heavy atom. The second-order valence-electron chi connectivity index (χ2n) is 7.84. The summed E-state index contributed by atoms with van der Waals surface area (Å²) in [6.07, 6.45) is 3.37. The second kappa shape index (κ2) is 10.3. The molecule has 0 aliphatic heterocycles. The molecule has 0 saturated heterocycles. The Balaban J connectivity index is 1.54. The quantitative estimate of drug-likeness (QED) is 0.363. The van der Waals surface area contributed by atoms with Crippen LogP contribution in [0.3, 0.4) is 0 Å². The van der Waals surface area contributed by atoms with Crippen LogP contribution in [-0.4, -0.2) is 35.8 Å². The third-order valence-corrected chi connectivity index (χ3v) is 7.27. The topological polar surface area (TPSA) is 75.2 Å². The molecular formula is C25H25ClN4O2S. The lowest BCUT2D eigenvalue weighted by molar-refractivity contribution is 0.416. The third kappa shape index (κ3) is 6.07. The highest BCUT2D eigenvalue weighted by Gasteiger charge is 2.23. The zero-order valence-corrected chi connectivity index (χ0v) is 19.9. The molecule has 0 aliphatic rings. The maximum absolute atomic E-state index is 13.3. The Hall–Kier alpha value is -3.00. The predicted octanol–water partition coefficient (Wildman–Crippen LogP) is 5.04. The van der Waals surface area contributed by atoms with Crippen molar-refractivity contribution in [1.29, 1.82) is 0 Å². The molecule has 6 nitrogen and oxygen atoms in total. The number of halogens is 1. The Morgan fingerprint density at radius 1 is 1.00 bits per heavy atom. The van der Waals surface area contributed by atoms with Gasteiger partial charge in [-0.15, -0.1) is 0 Å². The molecule has 0 unspecified atom stereocenters. The van der Waals surface area contributed by atoms with Crippen molar-refractivity contribution in [3.05, 3.63) is 101 Å². The SMILES string of the molecule is Cc1cc(NCCN(Cc2cccnc2)S(=O)(=O)Cc2ccccc2)c2cc(Cl)ccc2n1. The van der Waals surface area contributed by atoms with Gasteiger partial charge in [0.2, 0.25) is 10.0 Å². The van der Waals surface area contributed by atoms with Crippen molar-refractivity contribution in [2.45, 2.75) is 19.2 Å². The molecule has 0 spiro atoms. The highest BCUT2D eigenvalue weighted by atomic mass is 35.5. The smallest absolute Gasteiger partial charge is 0.218 e. The summed E-state index contributed by atoms with van der Waals surface area (Å²) in [4.78, 5) is 8.68. The number of fused-ring (bicyclic) bond motifs is 1. The summed E-state index contributed by atoms with van der Waals surface area (Å²) < 4.78 is 28.1. The molecule has 170 valence electrons. The van der Waals surface area contributed by atoms with Crippen molar-refractivity contribution < 1.29 is 8.42 Å². The minimum Gasteiger partial charge on any atom is -0.383 e. The van der Waals surface area contributed by atoms with Gasteiger partial charge in [0.1, 0.15) is 0 Å². The molecule has 0 amide bonds. The summed E-state index contributed by atoms with van der Waals surface area (Å²) >= 11 is 6.19. The lowest BCUT2D eigenvalue weighted by atomic mass is 10.1. The summed E-state index contributed by atoms with van der Waals surface area (Å²) in [6.45, 7) is 2.91. The third-order valence-electron chi connectivity index (χ3n) is 5.24. The summed E-state index contributed by atoms with van der Waals surface area (Å²) in [6, 6.07) is 20.4. The van der Waals surface area contributed by atoms with E-state index >= 15 is 0 Å². The van der Waals surface area contributed by atoms with E-state index in [1.54, 1.807) is 12.4 Å². The standard InChI is InChI=1S/C25H25ClN4O2S/c1-19-14-25(23-15-22(26)9-10-24(23)29-19)28-12-13-30(17-21-8-5-11-27-16-21)33(31,32)18-20-6-3-2-4-7-20/h2-11,14-16H,12-13,17-18H2,1H3,(H,28,29). The average molecular weight is 481 g/mol. The van der Waals surface area contributed by atoms with Crippen molar-refractivity contribution in [3.63, 3.8) is 0 Å². The van der Waals surface area contributed by atoms with Crippen LogP contribution in [0.25, 0.3) is 10.9 Å². The molecule has 2 aromatic heterocycles. The first-order valence-electron chi connectivity index (χ1n) is 10.6. The van der Waals surface area contributed by atoms with Crippen molar-refractivity contribution in [2.75, 3.05) is 18.4 Å². The molecule has 0 aliphatic carbocycles. The number of aromatic nitrogens is 2. The molecule has 0 bridgehead atoms. The van der Waals surface area contributed by atoms with E-state index in [1.807, 2.05) is 73.7 Å². The van der Waals surface area contributed by atoms with E-state index in [1.165, 1.54) is 4.31 Å². The molecule has 1 N–H and O–H groups in total. The van der Waals surface area contributed by atoms with Crippen molar-refractivity contribution in [2.24, 2.45) is 0 Å². The number of anilines is 1. The van der Waals surface area contributed by atoms with Gasteiger partial charge < -0.3 is 5.32 Å². The number of pyridine rings is 2. The molecular weight excluding hydrogens is 456 g/mol. The average Bonchev–Trinajstić information content (AvgIpc) is 2.80. The number of nitrogens with one attached hydrogen (secondary N) is 1. The summed E-state index contributed by atoms with van der Waals surface area (Å²) in [5.41, 5.74) is 4.18. The predicted molar refractivity (Wildman–Crippen MR) is 134 cm³/mol. The van der Waals surface area contributed by atoms with Gasteiger partial charge in [-0.25, -0.2) is 8.42 Å². The van der Waals surface area contributed by atoms with Crippen LogP contribution in [0.15, 0.2) is 79.1 Å². The van der Waals surface area contributed by atoms with Crippen LogP contribution in [-0.2, 0) is 22.3 Å². The monoisotopic (exact) mass is 480 g/mol. The second-order valence-corrected chi connectivity index (χ2v) is 10.2. The lowest BCUT2D eigenvalue weighted by Crippen LogP contribution is -2.35. The van der Waals surface area contributed by atoms with Crippen molar-refractivity contribution in [1.82, 2.24) is 14.3 Å². The molecule has 0 saturated carbocycles. The highest BCUT2D eigenvalue weighted by molar-refractivity contribution is 7.88. The largest absolute Gasteiger partial charge is 0.383 e. The fourth-order valence-corrected chi connectivity index (χ4v) is 5.36. The van der Waals surface area contributed by atoms with Crippen LogP contribution in [0.5, 0.6) is 0 Å². The Bertz CT molecular complexity index is 1330. The van der Waals surface area contributed by atoms with Gasteiger partial charge in [0.15, 0.2) is 0 Å². The van der Waals surface area contributed by atoms with E-state index in [0.29, 0.717) is 18.1 Å². The van der Waals surface area contributed by atoms with Crippen LogP contribution >= 0.6 is 11.6 Å². The van der Waals surface area contributed by atoms with Crippen LogP contribution in [0.1, 0.15) is 16.8 Å². The molecule has 2 heterocycles. The zero-order valence-electron chi connectivity index (χ0n) is 18.3. The van der Waals surface area contributed by atoms with Crippen LogP contribution in [0, 0.1) is 6.92 Å². The minimum atomic E-state index is -3.55. The fourth-order valence-electron chi connectivity index (χ4n) is 3.68. The highest BCUT2D eigenvalue weighted by Crippen LogP contribution is 2.26. The number of nitrogens with zero attached hydrogens (tertiary/aromatic N) is 3. The van der Waals surface area contributed by atoms with E-state index in [-0.39, 0.29) is 12.3 Å². The number of aryl methyl sites for hydroxylation is 1. The zero-order chi connectivity index (χ0) is 23.3. The van der Waals surface area contributed by atoms with Gasteiger partial charge in [0.05, 0.1) is 11.3 Å². The molecule has 8 heteroatoms. The van der Waals surface area contributed by atoms with Crippen LogP contribution < -0.4 is 5.32 Å². The summed E-state index contributed by atoms with van der Waals surface area (Å²) in [7, 11) is -3.55. The number of hydrogen-bond donors (Lipinski definition) is 1. The maximum atomic E-state index is 13.3. The first-order chi connectivity index (χ1) is 15.9. The minimum absolute atomic E-state index is 0.0546. The molecule has 0 atom stereocenters. The van der Waals surface area contributed by atoms with Gasteiger partial charge in [-0.3, -0.25) is 9.97 Å². The lowest BCUT2D eigenvalue weighted by Gasteiger charge is -2.23. The van der Waals surface area contributed by atoms with E-state index < -0.39 is 10.0 Å². The summed E-state index contributed by atoms with van der Waals surface area (Å²) in [5.74, 6) is -0.0546. The molecule has 4 aromatic rings. The van der Waals surface area contributed by atoms with Gasteiger partial charge in [0.25, 0.3) is 0 Å². The number of hydrogen-bond acceptors (Lipinski definition) is 5. The van der Waals surface area contributed by atoms with E-state index in [4.69, 9.17) is 11.6 Å². The fraction of sp³-hybridized carbons (Fsp3) is 0.200. The van der Waals surface area contributed by atoms with E-state index in [9.17, 15) is 8.42 Å². The normalized spacial score (nSPS) is 11.7. The van der Waals surface area contributed by atoms with Crippen LogP contribution in [0.4, 0.5) is 5.69 Å². The number of sulfonamides is 1. The van der Waals surface area contributed by atoms with Gasteiger partial charge in [-0.1, -0.05) is 48.0 Å². The Labute approximate surface area is 199 Å². The molecule has 4 rings (SSSR count). The van der Waals surface area contributed by atoms with E-state index in [2.05, 4.69) is 15.3 Å². The first-order valence-corrected chi connectivity index (χ1v) is 12.6. The van der Waals surface area contributed by atoms with Gasteiger partial charge in [-0.05, 0) is 48.4 Å². The first kappa shape index (κ1) is 23.2. The molecule has 0 radical (unpaired) electrons. The Kier molecular flexibility index (Phi) is 7.23. The van der Waals surface area contributed by atoms with E-state index in [0.717, 1.165) is 33.4 Å². The summed E-state index contributed by atoms with van der Waals surface area (Å²) in [5, 5.41) is 4.91. The van der Waals surface area contributed by atoms with Gasteiger partial charge in [-0.2, -0.15) is 4.31 Å². The van der Waals surface area contributed by atoms with Crippen molar-refractivity contribution in [3.8, 4) is 0 Å². The maximum Gasteiger partial charge on any atom is 0.218 e. The van der Waals surface area contributed by atoms with Gasteiger partial charge >= 0.3 is 0 Å². The van der Waals surface area contributed by atoms with Gasteiger partial charge in [0, 0.05) is 53.8 Å². The molecule has 2 aromatic carbocycles. The van der Waals surface area contributed by atoms with Crippen molar-refractivity contribution >= 4 is 38.2 Å². The molecule has 33 heavy (non-hydrogen) atoms. The number of benzene rings is 2. The number of rotatable bonds is 9. The molecule has 0 fully saturated rings. The van der Waals surface area contributed by atoms with Crippen LogP contribution in [0.2, 0.25) is 5.02 Å². The Morgan fingerprint density at radius 2 is 1.79 bits per heavy atom.